The molecule has 4 nitrogen and oxygen atoms in total. The van der Waals surface area contributed by atoms with Gasteiger partial charge in [-0.3, -0.25) is 0 Å². The van der Waals surface area contributed by atoms with Crippen molar-refractivity contribution in [2.45, 2.75) is 38.9 Å². The third-order valence-electron chi connectivity index (χ3n) is 6.52. The second-order valence-electron chi connectivity index (χ2n) is 8.89. The zero-order chi connectivity index (χ0) is 20.0. The second kappa shape index (κ2) is 5.44. The molecule has 0 amide bonds. The van der Waals surface area contributed by atoms with Gasteiger partial charge in [-0.2, -0.15) is 0 Å². The van der Waals surface area contributed by atoms with Crippen LogP contribution in [0.15, 0.2) is 63.4 Å². The number of hydrogen-bond acceptors (Lipinski definition) is 4. The van der Waals surface area contributed by atoms with Crippen LogP contribution < -0.4 is 5.46 Å². The number of benzene rings is 3. The molecular formula is C24H21BO4. The molecule has 3 aromatic carbocycles. The van der Waals surface area contributed by atoms with Crippen molar-refractivity contribution in [1.29, 1.82) is 0 Å². The van der Waals surface area contributed by atoms with E-state index in [1.54, 1.807) is 0 Å². The van der Waals surface area contributed by atoms with E-state index >= 15 is 0 Å². The first-order valence-corrected chi connectivity index (χ1v) is 9.95. The fourth-order valence-corrected chi connectivity index (χ4v) is 4.14. The molecule has 6 rings (SSSR count). The van der Waals surface area contributed by atoms with Gasteiger partial charge in [0.1, 0.15) is 22.3 Å². The highest BCUT2D eigenvalue weighted by Gasteiger charge is 2.51. The number of rotatable bonds is 1. The molecule has 0 aliphatic carbocycles. The van der Waals surface area contributed by atoms with Crippen LogP contribution in [0.4, 0.5) is 0 Å². The minimum atomic E-state index is -0.399. The van der Waals surface area contributed by atoms with Gasteiger partial charge in [-0.25, -0.2) is 0 Å². The van der Waals surface area contributed by atoms with Gasteiger partial charge in [0, 0.05) is 21.5 Å². The van der Waals surface area contributed by atoms with Gasteiger partial charge < -0.3 is 18.1 Å². The number of fused-ring (bicyclic) bond motifs is 6. The molecule has 0 radical (unpaired) electrons. The van der Waals surface area contributed by atoms with Gasteiger partial charge in [-0.05, 0) is 57.4 Å². The lowest BCUT2D eigenvalue weighted by atomic mass is 9.78. The average molecular weight is 384 g/mol. The standard InChI is InChI=1S/C24H21BO4/c1-23(2)24(3,4)29-25(28-23)14-9-10-20-16(11-14)18-13-21-17(12-22(18)27-20)15-7-5-6-8-19(15)26-21/h5-13H,1-4H3. The molecule has 0 unspecified atom stereocenters. The van der Waals surface area contributed by atoms with Crippen molar-refractivity contribution >= 4 is 56.5 Å². The van der Waals surface area contributed by atoms with E-state index in [1.165, 1.54) is 0 Å². The van der Waals surface area contributed by atoms with Crippen LogP contribution >= 0.6 is 0 Å². The highest BCUT2D eigenvalue weighted by molar-refractivity contribution is 6.62. The molecule has 144 valence electrons. The topological polar surface area (TPSA) is 44.7 Å². The Morgan fingerprint density at radius 2 is 1.14 bits per heavy atom. The van der Waals surface area contributed by atoms with Crippen molar-refractivity contribution in [1.82, 2.24) is 0 Å². The summed E-state index contributed by atoms with van der Waals surface area (Å²) in [7, 11) is -0.399. The van der Waals surface area contributed by atoms with E-state index in [2.05, 4.69) is 52.0 Å². The Labute approximate surface area is 168 Å². The molecular weight excluding hydrogens is 363 g/mol. The molecule has 29 heavy (non-hydrogen) atoms. The summed E-state index contributed by atoms with van der Waals surface area (Å²) in [5.74, 6) is 0. The quantitative estimate of drug-likeness (QED) is 0.344. The van der Waals surface area contributed by atoms with Crippen molar-refractivity contribution in [3.8, 4) is 0 Å². The summed E-state index contributed by atoms with van der Waals surface area (Å²) in [4.78, 5) is 0. The molecule has 1 saturated heterocycles. The predicted octanol–water partition coefficient (Wildman–Crippen LogP) is 5.78. The lowest BCUT2D eigenvalue weighted by molar-refractivity contribution is 0.00578. The first-order valence-electron chi connectivity index (χ1n) is 9.95. The summed E-state index contributed by atoms with van der Waals surface area (Å²) >= 11 is 0. The zero-order valence-electron chi connectivity index (χ0n) is 16.9. The normalized spacial score (nSPS) is 18.6. The Morgan fingerprint density at radius 1 is 0.586 bits per heavy atom. The zero-order valence-corrected chi connectivity index (χ0v) is 16.9. The van der Waals surface area contributed by atoms with E-state index in [4.69, 9.17) is 18.1 Å². The highest BCUT2D eigenvalue weighted by Crippen LogP contribution is 2.38. The Bertz CT molecular complexity index is 1410. The summed E-state index contributed by atoms with van der Waals surface area (Å²) in [6.07, 6.45) is 0. The van der Waals surface area contributed by atoms with E-state index in [-0.39, 0.29) is 11.2 Å². The first-order chi connectivity index (χ1) is 13.8. The van der Waals surface area contributed by atoms with E-state index in [0.717, 1.165) is 49.3 Å². The summed E-state index contributed by atoms with van der Waals surface area (Å²) in [6, 6.07) is 18.4. The SMILES string of the molecule is CC1(C)OB(c2ccc3oc4cc5c(cc4c3c2)oc2ccccc25)OC1(C)C. The minimum Gasteiger partial charge on any atom is -0.456 e. The van der Waals surface area contributed by atoms with Crippen molar-refractivity contribution in [3.63, 3.8) is 0 Å². The number of para-hydroxylation sites is 1. The second-order valence-corrected chi connectivity index (χ2v) is 8.89. The lowest BCUT2D eigenvalue weighted by Crippen LogP contribution is -2.41. The van der Waals surface area contributed by atoms with Gasteiger partial charge in [0.05, 0.1) is 11.2 Å². The first kappa shape index (κ1) is 17.1. The molecule has 1 aliphatic rings. The van der Waals surface area contributed by atoms with Gasteiger partial charge in [0.2, 0.25) is 0 Å². The van der Waals surface area contributed by atoms with Crippen molar-refractivity contribution in [3.05, 3.63) is 54.6 Å². The monoisotopic (exact) mass is 384 g/mol. The maximum absolute atomic E-state index is 6.23. The minimum absolute atomic E-state index is 0.370. The number of furan rings is 2. The van der Waals surface area contributed by atoms with Crippen LogP contribution in [0.3, 0.4) is 0 Å². The van der Waals surface area contributed by atoms with Gasteiger partial charge in [0.25, 0.3) is 0 Å². The summed E-state index contributed by atoms with van der Waals surface area (Å²) in [5.41, 5.74) is 3.70. The molecule has 1 fully saturated rings. The van der Waals surface area contributed by atoms with Crippen LogP contribution in [0.2, 0.25) is 0 Å². The fourth-order valence-electron chi connectivity index (χ4n) is 4.14. The number of hydrogen-bond donors (Lipinski definition) is 0. The highest BCUT2D eigenvalue weighted by atomic mass is 16.7. The van der Waals surface area contributed by atoms with Crippen LogP contribution in [0.1, 0.15) is 27.7 Å². The van der Waals surface area contributed by atoms with E-state index < -0.39 is 7.12 Å². The molecule has 0 N–H and O–H groups in total. The molecule has 2 aromatic heterocycles. The molecule has 5 aromatic rings. The molecule has 0 atom stereocenters. The van der Waals surface area contributed by atoms with Crippen molar-refractivity contribution in [2.24, 2.45) is 0 Å². The van der Waals surface area contributed by atoms with Crippen LogP contribution in [0, 0.1) is 0 Å². The van der Waals surface area contributed by atoms with E-state index in [0.29, 0.717) is 0 Å². The van der Waals surface area contributed by atoms with Crippen LogP contribution in [-0.4, -0.2) is 18.3 Å². The molecule has 0 bridgehead atoms. The van der Waals surface area contributed by atoms with Gasteiger partial charge in [-0.15, -0.1) is 0 Å². The van der Waals surface area contributed by atoms with Crippen LogP contribution in [0.25, 0.3) is 43.9 Å². The maximum atomic E-state index is 6.23. The summed E-state index contributed by atoms with van der Waals surface area (Å²) < 4.78 is 24.7. The van der Waals surface area contributed by atoms with Crippen molar-refractivity contribution < 1.29 is 18.1 Å². The molecule has 0 saturated carbocycles. The lowest BCUT2D eigenvalue weighted by Gasteiger charge is -2.32. The van der Waals surface area contributed by atoms with Gasteiger partial charge in [0.15, 0.2) is 0 Å². The Balaban J connectivity index is 1.54. The largest absolute Gasteiger partial charge is 0.494 e. The Morgan fingerprint density at radius 3 is 1.83 bits per heavy atom. The average Bonchev–Trinajstić information content (AvgIpc) is 3.28. The third kappa shape index (κ3) is 2.35. The summed E-state index contributed by atoms with van der Waals surface area (Å²) in [5, 5.41) is 4.24. The van der Waals surface area contributed by atoms with Gasteiger partial charge in [-0.1, -0.05) is 30.3 Å². The van der Waals surface area contributed by atoms with Gasteiger partial charge >= 0.3 is 7.12 Å². The smallest absolute Gasteiger partial charge is 0.456 e. The van der Waals surface area contributed by atoms with Crippen molar-refractivity contribution in [2.75, 3.05) is 0 Å². The maximum Gasteiger partial charge on any atom is 0.494 e. The Hall–Kier alpha value is -2.76. The predicted molar refractivity (Wildman–Crippen MR) is 117 cm³/mol. The molecule has 1 aliphatic heterocycles. The van der Waals surface area contributed by atoms with Crippen LogP contribution in [-0.2, 0) is 9.31 Å². The van der Waals surface area contributed by atoms with Crippen LogP contribution in [0.5, 0.6) is 0 Å². The Kier molecular flexibility index (Phi) is 3.21. The molecule has 3 heterocycles. The van der Waals surface area contributed by atoms with E-state index in [1.807, 2.05) is 30.3 Å². The third-order valence-corrected chi connectivity index (χ3v) is 6.52. The molecule has 5 heteroatoms. The fraction of sp³-hybridized carbons (Fsp3) is 0.250. The van der Waals surface area contributed by atoms with E-state index in [9.17, 15) is 0 Å². The molecule has 0 spiro atoms. The summed E-state index contributed by atoms with van der Waals surface area (Å²) in [6.45, 7) is 8.27.